The van der Waals surface area contributed by atoms with Gasteiger partial charge in [0.1, 0.15) is 5.75 Å². The SMILES string of the molecule is CCOC(=O)c1c(O)c2cc(C(=O)N3CCC(CCCc4ccccc4)CC3)cnc2n(O)c1=O. The molecule has 0 spiro atoms. The number of rotatable bonds is 7. The Morgan fingerprint density at radius 1 is 1.17 bits per heavy atom. The molecule has 2 aromatic heterocycles. The van der Waals surface area contributed by atoms with Crippen LogP contribution in [0.2, 0.25) is 0 Å². The maximum absolute atomic E-state index is 13.1. The molecular weight excluding hydrogens is 450 g/mol. The maximum atomic E-state index is 13.1. The molecule has 0 radical (unpaired) electrons. The zero-order chi connectivity index (χ0) is 24.9. The van der Waals surface area contributed by atoms with Crippen molar-refractivity contribution in [1.29, 1.82) is 0 Å². The minimum atomic E-state index is -1.14. The molecule has 1 saturated heterocycles. The van der Waals surface area contributed by atoms with Gasteiger partial charge in [0, 0.05) is 19.3 Å². The molecule has 4 rings (SSSR count). The van der Waals surface area contributed by atoms with Gasteiger partial charge in [0.15, 0.2) is 11.2 Å². The van der Waals surface area contributed by atoms with Crippen molar-refractivity contribution in [1.82, 2.24) is 14.6 Å². The molecule has 9 heteroatoms. The van der Waals surface area contributed by atoms with Crippen LogP contribution in [0, 0.1) is 5.92 Å². The lowest BCUT2D eigenvalue weighted by molar-refractivity contribution is 0.0515. The Labute approximate surface area is 202 Å². The van der Waals surface area contributed by atoms with Crippen LogP contribution in [-0.2, 0) is 11.2 Å². The molecule has 0 atom stereocenters. The molecule has 0 unspecified atom stereocenters. The van der Waals surface area contributed by atoms with E-state index in [4.69, 9.17) is 4.74 Å². The average molecular weight is 480 g/mol. The van der Waals surface area contributed by atoms with Gasteiger partial charge < -0.3 is 20.0 Å². The number of ether oxygens (including phenoxy) is 1. The first-order chi connectivity index (χ1) is 16.9. The number of nitrogens with zero attached hydrogens (tertiary/aromatic N) is 3. The minimum Gasteiger partial charge on any atom is -0.506 e. The number of fused-ring (bicyclic) bond motifs is 1. The fourth-order valence-electron chi connectivity index (χ4n) is 4.59. The summed E-state index contributed by atoms with van der Waals surface area (Å²) in [7, 11) is 0. The third-order valence-corrected chi connectivity index (χ3v) is 6.51. The van der Waals surface area contributed by atoms with Crippen molar-refractivity contribution in [2.24, 2.45) is 5.92 Å². The van der Waals surface area contributed by atoms with Crippen LogP contribution in [-0.4, -0.2) is 56.5 Å². The van der Waals surface area contributed by atoms with E-state index in [1.165, 1.54) is 17.8 Å². The molecule has 1 amide bonds. The second-order valence-electron chi connectivity index (χ2n) is 8.77. The van der Waals surface area contributed by atoms with Gasteiger partial charge in [-0.1, -0.05) is 30.3 Å². The molecule has 3 heterocycles. The van der Waals surface area contributed by atoms with Gasteiger partial charge in [-0.3, -0.25) is 9.59 Å². The van der Waals surface area contributed by atoms with Gasteiger partial charge >= 0.3 is 11.5 Å². The van der Waals surface area contributed by atoms with E-state index in [2.05, 4.69) is 29.2 Å². The Morgan fingerprint density at radius 2 is 1.89 bits per heavy atom. The normalized spacial score (nSPS) is 14.3. The third kappa shape index (κ3) is 5.13. The number of benzene rings is 1. The molecule has 1 aliphatic heterocycles. The highest BCUT2D eigenvalue weighted by atomic mass is 16.5. The molecule has 0 bridgehead atoms. The summed E-state index contributed by atoms with van der Waals surface area (Å²) in [6.45, 7) is 2.78. The molecule has 9 nitrogen and oxygen atoms in total. The van der Waals surface area contributed by atoms with Crippen LogP contribution in [0.5, 0.6) is 5.75 Å². The van der Waals surface area contributed by atoms with E-state index in [0.717, 1.165) is 32.1 Å². The zero-order valence-electron chi connectivity index (χ0n) is 19.6. The summed E-state index contributed by atoms with van der Waals surface area (Å²) in [5, 5.41) is 20.7. The van der Waals surface area contributed by atoms with Crippen LogP contribution < -0.4 is 5.56 Å². The molecule has 0 aliphatic carbocycles. The first-order valence-electron chi connectivity index (χ1n) is 11.9. The number of carbonyl (C=O) groups is 2. The number of hydrogen-bond acceptors (Lipinski definition) is 7. The van der Waals surface area contributed by atoms with Crippen molar-refractivity contribution >= 4 is 22.9 Å². The number of esters is 1. The fraction of sp³-hybridized carbons (Fsp3) is 0.385. The van der Waals surface area contributed by atoms with E-state index in [0.29, 0.717) is 19.0 Å². The van der Waals surface area contributed by atoms with E-state index in [-0.39, 0.29) is 33.8 Å². The number of carbonyl (C=O) groups excluding carboxylic acids is 2. The molecule has 0 saturated carbocycles. The summed E-state index contributed by atoms with van der Waals surface area (Å²) in [6, 6.07) is 11.7. The van der Waals surface area contributed by atoms with Crippen LogP contribution in [0.15, 0.2) is 47.4 Å². The number of likely N-dealkylation sites (tertiary alicyclic amines) is 1. The number of pyridine rings is 2. The molecule has 1 aliphatic rings. The van der Waals surface area contributed by atoms with E-state index < -0.39 is 22.8 Å². The van der Waals surface area contributed by atoms with Crippen LogP contribution in [0.25, 0.3) is 11.0 Å². The number of hydrogen-bond donors (Lipinski definition) is 2. The van der Waals surface area contributed by atoms with Crippen molar-refractivity contribution in [3.63, 3.8) is 0 Å². The van der Waals surface area contributed by atoms with Gasteiger partial charge in [0.05, 0.1) is 17.6 Å². The Kier molecular flexibility index (Phi) is 7.33. The number of aryl methyl sites for hydroxylation is 1. The van der Waals surface area contributed by atoms with Crippen molar-refractivity contribution < 1.29 is 24.6 Å². The first-order valence-corrected chi connectivity index (χ1v) is 11.9. The molecular formula is C26H29N3O6. The van der Waals surface area contributed by atoms with Crippen molar-refractivity contribution in [2.75, 3.05) is 19.7 Å². The lowest BCUT2D eigenvalue weighted by Gasteiger charge is -2.32. The second-order valence-corrected chi connectivity index (χ2v) is 8.77. The summed E-state index contributed by atoms with van der Waals surface area (Å²) in [4.78, 5) is 43.3. The van der Waals surface area contributed by atoms with Crippen LogP contribution >= 0.6 is 0 Å². The Bertz CT molecular complexity index is 1280. The molecule has 1 aromatic carbocycles. The minimum absolute atomic E-state index is 0.0137. The number of amides is 1. The van der Waals surface area contributed by atoms with Crippen LogP contribution in [0.3, 0.4) is 0 Å². The second kappa shape index (κ2) is 10.6. The quantitative estimate of drug-likeness (QED) is 0.393. The van der Waals surface area contributed by atoms with E-state index in [9.17, 15) is 24.7 Å². The summed E-state index contributed by atoms with van der Waals surface area (Å²) in [6.07, 6.45) is 6.36. The van der Waals surface area contributed by atoms with Crippen molar-refractivity contribution in [2.45, 2.75) is 39.0 Å². The predicted molar refractivity (Wildman–Crippen MR) is 129 cm³/mol. The van der Waals surface area contributed by atoms with E-state index in [1.54, 1.807) is 11.8 Å². The summed E-state index contributed by atoms with van der Waals surface area (Å²) < 4.78 is 4.99. The van der Waals surface area contributed by atoms with Gasteiger partial charge in [-0.05, 0) is 56.6 Å². The molecule has 184 valence electrons. The predicted octanol–water partition coefficient (Wildman–Crippen LogP) is 3.39. The fourth-order valence-corrected chi connectivity index (χ4v) is 4.59. The third-order valence-electron chi connectivity index (χ3n) is 6.51. The number of aromatic hydroxyl groups is 1. The molecule has 35 heavy (non-hydrogen) atoms. The first kappa shape index (κ1) is 24.3. The highest BCUT2D eigenvalue weighted by Gasteiger charge is 2.27. The van der Waals surface area contributed by atoms with Gasteiger partial charge in [-0.2, -0.15) is 0 Å². The van der Waals surface area contributed by atoms with E-state index in [1.807, 2.05) is 6.07 Å². The Balaban J connectivity index is 1.44. The van der Waals surface area contributed by atoms with Crippen LogP contribution in [0.1, 0.15) is 58.9 Å². The Hall–Kier alpha value is -3.88. The topological polar surface area (TPSA) is 122 Å². The van der Waals surface area contributed by atoms with Crippen molar-refractivity contribution in [3.05, 3.63) is 69.6 Å². The largest absolute Gasteiger partial charge is 0.506 e. The van der Waals surface area contributed by atoms with Gasteiger partial charge in [0.2, 0.25) is 0 Å². The number of aromatic nitrogens is 2. The van der Waals surface area contributed by atoms with Crippen molar-refractivity contribution in [3.8, 4) is 5.75 Å². The lowest BCUT2D eigenvalue weighted by atomic mass is 9.90. The van der Waals surface area contributed by atoms with Gasteiger partial charge in [-0.15, -0.1) is 4.73 Å². The van der Waals surface area contributed by atoms with Gasteiger partial charge in [-0.25, -0.2) is 9.78 Å². The Morgan fingerprint density at radius 3 is 2.57 bits per heavy atom. The standard InChI is InChI=1S/C26H29N3O6/c1-2-35-26(33)21-22(30)20-15-19(16-27-23(20)29(34)25(21)32)24(31)28-13-11-18(12-14-28)10-6-9-17-7-4-3-5-8-17/h3-5,7-8,15-16,18,30,34H,2,6,9-14H2,1H3. The van der Waals surface area contributed by atoms with Gasteiger partial charge in [0.25, 0.3) is 5.91 Å². The smallest absolute Gasteiger partial charge is 0.347 e. The molecule has 3 aromatic rings. The summed E-state index contributed by atoms with van der Waals surface area (Å²) in [5.74, 6) is -1.42. The zero-order valence-corrected chi connectivity index (χ0v) is 19.6. The van der Waals surface area contributed by atoms with E-state index >= 15 is 0 Å². The maximum Gasteiger partial charge on any atom is 0.347 e. The highest BCUT2D eigenvalue weighted by Crippen LogP contribution is 2.28. The van der Waals surface area contributed by atoms with Crippen LogP contribution in [0.4, 0.5) is 0 Å². The highest BCUT2D eigenvalue weighted by molar-refractivity contribution is 6.02. The monoisotopic (exact) mass is 479 g/mol. The molecule has 2 N–H and O–H groups in total. The molecule has 1 fully saturated rings. The average Bonchev–Trinajstić information content (AvgIpc) is 2.88. The summed E-state index contributed by atoms with van der Waals surface area (Å²) in [5.41, 5.74) is -0.566. The lowest BCUT2D eigenvalue weighted by Crippen LogP contribution is -2.38. The summed E-state index contributed by atoms with van der Waals surface area (Å²) >= 11 is 0. The number of piperidine rings is 1.